The average molecular weight is 612 g/mol. The molecule has 0 aromatic heterocycles. The Morgan fingerprint density at radius 3 is 2.17 bits per heavy atom. The molecule has 1 aliphatic rings. The lowest BCUT2D eigenvalue weighted by molar-refractivity contribution is -0.140. The van der Waals surface area contributed by atoms with Crippen LogP contribution in [0.4, 0.5) is 5.69 Å². The van der Waals surface area contributed by atoms with Gasteiger partial charge in [-0.2, -0.15) is 0 Å². The van der Waals surface area contributed by atoms with Crippen LogP contribution in [-0.4, -0.2) is 57.1 Å². The zero-order valence-electron chi connectivity index (χ0n) is 24.0. The van der Waals surface area contributed by atoms with Gasteiger partial charge in [0.2, 0.25) is 21.8 Å². The van der Waals surface area contributed by atoms with Gasteiger partial charge in [0.1, 0.15) is 18.3 Å². The number of benzene rings is 3. The fourth-order valence-corrected chi connectivity index (χ4v) is 6.34. The number of carbonyl (C=O) groups is 2. The van der Waals surface area contributed by atoms with E-state index in [0.29, 0.717) is 5.02 Å². The van der Waals surface area contributed by atoms with E-state index >= 15 is 0 Å². The molecule has 0 spiro atoms. The van der Waals surface area contributed by atoms with Gasteiger partial charge in [-0.25, -0.2) is 8.42 Å². The zero-order chi connectivity index (χ0) is 30.1. The highest BCUT2D eigenvalue weighted by molar-refractivity contribution is 7.92. The van der Waals surface area contributed by atoms with Gasteiger partial charge in [-0.1, -0.05) is 91.5 Å². The molecule has 1 aliphatic carbocycles. The Bertz CT molecular complexity index is 1450. The third-order valence-corrected chi connectivity index (χ3v) is 8.87. The van der Waals surface area contributed by atoms with Crippen molar-refractivity contribution in [2.45, 2.75) is 57.2 Å². The second-order valence-electron chi connectivity index (χ2n) is 10.6. The summed E-state index contributed by atoms with van der Waals surface area (Å²) in [6, 6.07) is 22.7. The number of halogens is 1. The van der Waals surface area contributed by atoms with Gasteiger partial charge in [0.25, 0.3) is 0 Å². The van der Waals surface area contributed by atoms with Gasteiger partial charge in [0, 0.05) is 24.0 Å². The molecule has 1 atom stereocenters. The first-order chi connectivity index (χ1) is 20.2. The number of hydrogen-bond donors (Lipinski definition) is 1. The topological polar surface area (TPSA) is 96.0 Å². The molecule has 4 rings (SSSR count). The summed E-state index contributed by atoms with van der Waals surface area (Å²) in [4.78, 5) is 29.7. The minimum atomic E-state index is -3.95. The molecule has 1 N–H and O–H groups in total. The molecule has 0 radical (unpaired) electrons. The van der Waals surface area contributed by atoms with Crippen molar-refractivity contribution in [3.8, 4) is 5.75 Å². The van der Waals surface area contributed by atoms with Gasteiger partial charge in [-0.15, -0.1) is 0 Å². The molecule has 3 aromatic carbocycles. The molecule has 1 fully saturated rings. The van der Waals surface area contributed by atoms with Gasteiger partial charge in [0.05, 0.1) is 19.1 Å². The maximum absolute atomic E-state index is 14.3. The molecule has 224 valence electrons. The Balaban J connectivity index is 1.73. The number of rotatable bonds is 12. The Morgan fingerprint density at radius 1 is 0.952 bits per heavy atom. The summed E-state index contributed by atoms with van der Waals surface area (Å²) in [5.41, 5.74) is 1.86. The monoisotopic (exact) mass is 611 g/mol. The lowest BCUT2D eigenvalue weighted by Crippen LogP contribution is -2.55. The van der Waals surface area contributed by atoms with Crippen LogP contribution in [0.15, 0.2) is 78.9 Å². The highest BCUT2D eigenvalue weighted by atomic mass is 35.5. The first kappa shape index (κ1) is 31.4. The van der Waals surface area contributed by atoms with Gasteiger partial charge >= 0.3 is 0 Å². The van der Waals surface area contributed by atoms with Crippen LogP contribution in [0.5, 0.6) is 5.75 Å². The summed E-state index contributed by atoms with van der Waals surface area (Å²) in [7, 11) is -2.53. The van der Waals surface area contributed by atoms with E-state index in [1.54, 1.807) is 12.1 Å². The lowest BCUT2D eigenvalue weighted by Gasteiger charge is -2.35. The van der Waals surface area contributed by atoms with Crippen LogP contribution in [-0.2, 0) is 32.6 Å². The van der Waals surface area contributed by atoms with Crippen molar-refractivity contribution in [1.29, 1.82) is 0 Å². The third kappa shape index (κ3) is 8.49. The molecule has 0 bridgehead atoms. The van der Waals surface area contributed by atoms with Crippen molar-refractivity contribution in [1.82, 2.24) is 10.2 Å². The van der Waals surface area contributed by atoms with Crippen LogP contribution < -0.4 is 14.4 Å². The predicted octanol–water partition coefficient (Wildman–Crippen LogP) is 5.20. The smallest absolute Gasteiger partial charge is 0.244 e. The minimum absolute atomic E-state index is 0.0430. The molecule has 3 aromatic rings. The maximum atomic E-state index is 14.3. The van der Waals surface area contributed by atoms with Crippen molar-refractivity contribution in [2.75, 3.05) is 24.2 Å². The van der Waals surface area contributed by atoms with E-state index in [4.69, 9.17) is 16.3 Å². The molecule has 0 aliphatic heterocycles. The van der Waals surface area contributed by atoms with Gasteiger partial charge < -0.3 is 15.0 Å². The van der Waals surface area contributed by atoms with Gasteiger partial charge in [-0.05, 0) is 42.2 Å². The Hall–Kier alpha value is -3.56. The van der Waals surface area contributed by atoms with Crippen molar-refractivity contribution in [3.63, 3.8) is 0 Å². The number of ether oxygens (including phenoxy) is 1. The van der Waals surface area contributed by atoms with Crippen LogP contribution in [0.3, 0.4) is 0 Å². The maximum Gasteiger partial charge on any atom is 0.244 e. The van der Waals surface area contributed by atoms with Gasteiger partial charge in [0.15, 0.2) is 0 Å². The van der Waals surface area contributed by atoms with Crippen molar-refractivity contribution >= 4 is 39.1 Å². The largest absolute Gasteiger partial charge is 0.495 e. The molecule has 42 heavy (non-hydrogen) atoms. The highest BCUT2D eigenvalue weighted by Crippen LogP contribution is 2.33. The fraction of sp³-hybridized carbons (Fsp3) is 0.375. The molecule has 2 amide bonds. The Labute approximate surface area is 253 Å². The predicted molar refractivity (Wildman–Crippen MR) is 166 cm³/mol. The molecule has 0 saturated heterocycles. The van der Waals surface area contributed by atoms with E-state index in [1.165, 1.54) is 18.1 Å². The summed E-state index contributed by atoms with van der Waals surface area (Å²) in [6.45, 7) is -0.413. The first-order valence-electron chi connectivity index (χ1n) is 14.1. The van der Waals surface area contributed by atoms with Crippen LogP contribution in [0.25, 0.3) is 0 Å². The molecule has 10 heteroatoms. The number of anilines is 1. The van der Waals surface area contributed by atoms with Crippen LogP contribution in [0.2, 0.25) is 5.02 Å². The van der Waals surface area contributed by atoms with Crippen LogP contribution in [0, 0.1) is 0 Å². The summed E-state index contributed by atoms with van der Waals surface area (Å²) >= 11 is 6.22. The number of amides is 2. The quantitative estimate of drug-likeness (QED) is 0.304. The molecule has 8 nitrogen and oxygen atoms in total. The van der Waals surface area contributed by atoms with Crippen LogP contribution >= 0.6 is 11.6 Å². The van der Waals surface area contributed by atoms with Crippen LogP contribution in [0.1, 0.15) is 43.2 Å². The van der Waals surface area contributed by atoms with E-state index in [2.05, 4.69) is 5.32 Å². The van der Waals surface area contributed by atoms with E-state index < -0.39 is 28.5 Å². The minimum Gasteiger partial charge on any atom is -0.495 e. The zero-order valence-corrected chi connectivity index (χ0v) is 25.6. The Morgan fingerprint density at radius 2 is 1.57 bits per heavy atom. The third-order valence-electron chi connectivity index (χ3n) is 7.51. The van der Waals surface area contributed by atoms with Crippen molar-refractivity contribution in [3.05, 3.63) is 95.0 Å². The fourth-order valence-electron chi connectivity index (χ4n) is 5.33. The molecular formula is C32H38ClN3O5S. The average Bonchev–Trinajstić information content (AvgIpc) is 2.98. The molecule has 1 unspecified atom stereocenters. The van der Waals surface area contributed by atoms with E-state index in [9.17, 15) is 18.0 Å². The number of methoxy groups -OCH3 is 1. The van der Waals surface area contributed by atoms with E-state index in [0.717, 1.165) is 53.8 Å². The Kier molecular flexibility index (Phi) is 10.9. The second kappa shape index (κ2) is 14.6. The number of carbonyl (C=O) groups excluding carboxylic acids is 2. The first-order valence-corrected chi connectivity index (χ1v) is 16.4. The summed E-state index contributed by atoms with van der Waals surface area (Å²) < 4.78 is 32.5. The van der Waals surface area contributed by atoms with E-state index in [-0.39, 0.29) is 36.4 Å². The lowest BCUT2D eigenvalue weighted by atomic mass is 9.94. The summed E-state index contributed by atoms with van der Waals surface area (Å²) in [5.74, 6) is -0.518. The molecule has 0 heterocycles. The number of nitrogens with zero attached hydrogens (tertiary/aromatic N) is 2. The number of sulfonamides is 1. The molecule has 1 saturated carbocycles. The summed E-state index contributed by atoms with van der Waals surface area (Å²) in [5, 5.41) is 3.49. The SMILES string of the molecule is COc1ccc(Cl)cc1N(CC(=O)N(Cc1ccccc1)C(Cc1ccccc1)C(=O)NC1CCCCC1)S(C)(=O)=O. The second-order valence-corrected chi connectivity index (χ2v) is 13.0. The number of hydrogen-bond acceptors (Lipinski definition) is 5. The van der Waals surface area contributed by atoms with Crippen molar-refractivity contribution in [2.24, 2.45) is 0 Å². The van der Waals surface area contributed by atoms with Gasteiger partial charge in [-0.3, -0.25) is 13.9 Å². The number of nitrogens with one attached hydrogen (secondary N) is 1. The highest BCUT2D eigenvalue weighted by Gasteiger charge is 2.34. The molecular weight excluding hydrogens is 574 g/mol. The normalized spacial score (nSPS) is 14.5. The summed E-state index contributed by atoms with van der Waals surface area (Å²) in [6.07, 6.45) is 6.33. The van der Waals surface area contributed by atoms with E-state index in [1.807, 2.05) is 60.7 Å². The van der Waals surface area contributed by atoms with Crippen molar-refractivity contribution < 1.29 is 22.7 Å². The standard InChI is InChI=1S/C32H38ClN3O5S/c1-41-30-19-18-26(33)21-28(30)36(42(2,39)40)23-31(37)35(22-25-14-8-4-9-15-25)29(20-24-12-6-3-7-13-24)32(38)34-27-16-10-5-11-17-27/h3-4,6-9,12-15,18-19,21,27,29H,5,10-11,16-17,20,22-23H2,1-2H3,(H,34,38).